The number of aromatic nitrogens is 1. The molecule has 0 unspecified atom stereocenters. The number of rotatable bonds is 4. The van der Waals surface area contributed by atoms with E-state index in [1.807, 2.05) is 12.1 Å². The number of anilines is 2. The Morgan fingerprint density at radius 2 is 2.21 bits per heavy atom. The molecule has 1 heterocycles. The lowest BCUT2D eigenvalue weighted by atomic mass is 10.2. The standard InChI is InChI=1S/C13H15N3O3/c1-16(12-6-4-3-5-10(12)14)13(17)11-7-9(8-18-2)19-15-11/h3-7H,8,14H2,1-2H3. The number of carbonyl (C=O) groups excluding carboxylic acids is 1. The first-order chi connectivity index (χ1) is 9.13. The zero-order valence-corrected chi connectivity index (χ0v) is 10.8. The molecule has 1 aromatic carbocycles. The quantitative estimate of drug-likeness (QED) is 0.847. The Bertz CT molecular complexity index is 580. The summed E-state index contributed by atoms with van der Waals surface area (Å²) < 4.78 is 9.90. The van der Waals surface area contributed by atoms with Gasteiger partial charge in [-0.05, 0) is 12.1 Å². The molecule has 0 aliphatic rings. The molecule has 100 valence electrons. The van der Waals surface area contributed by atoms with E-state index in [4.69, 9.17) is 15.0 Å². The van der Waals surface area contributed by atoms with E-state index in [2.05, 4.69) is 5.16 Å². The summed E-state index contributed by atoms with van der Waals surface area (Å²) in [5, 5.41) is 3.72. The highest BCUT2D eigenvalue weighted by Crippen LogP contribution is 2.22. The summed E-state index contributed by atoms with van der Waals surface area (Å²) in [4.78, 5) is 13.7. The van der Waals surface area contributed by atoms with Gasteiger partial charge in [0.2, 0.25) is 0 Å². The topological polar surface area (TPSA) is 81.6 Å². The van der Waals surface area contributed by atoms with Crippen LogP contribution in [0.4, 0.5) is 11.4 Å². The maximum absolute atomic E-state index is 12.2. The Hall–Kier alpha value is -2.34. The van der Waals surface area contributed by atoms with Gasteiger partial charge >= 0.3 is 0 Å². The van der Waals surface area contributed by atoms with Crippen LogP contribution in [0.15, 0.2) is 34.9 Å². The molecule has 6 nitrogen and oxygen atoms in total. The fourth-order valence-corrected chi connectivity index (χ4v) is 1.70. The van der Waals surface area contributed by atoms with E-state index in [1.165, 1.54) is 4.90 Å². The summed E-state index contributed by atoms with van der Waals surface area (Å²) in [5.41, 5.74) is 7.21. The van der Waals surface area contributed by atoms with E-state index >= 15 is 0 Å². The maximum Gasteiger partial charge on any atom is 0.280 e. The number of amides is 1. The van der Waals surface area contributed by atoms with E-state index in [9.17, 15) is 4.79 Å². The normalized spacial score (nSPS) is 10.4. The summed E-state index contributed by atoms with van der Waals surface area (Å²) in [6.07, 6.45) is 0. The van der Waals surface area contributed by atoms with Crippen LogP contribution in [0.25, 0.3) is 0 Å². The molecule has 0 saturated carbocycles. The molecule has 2 aromatic rings. The summed E-state index contributed by atoms with van der Waals surface area (Å²) in [5.74, 6) is 0.212. The molecule has 0 saturated heterocycles. The molecule has 0 spiro atoms. The number of benzene rings is 1. The largest absolute Gasteiger partial charge is 0.397 e. The first kappa shape index (κ1) is 13.1. The molecule has 1 aromatic heterocycles. The molecule has 1 amide bonds. The summed E-state index contributed by atoms with van der Waals surface area (Å²) in [6.45, 7) is 0.275. The number of para-hydroxylation sites is 2. The van der Waals surface area contributed by atoms with Crippen LogP contribution in [0.1, 0.15) is 16.2 Å². The number of nitrogens with two attached hydrogens (primary N) is 1. The number of nitrogens with zero attached hydrogens (tertiary/aromatic N) is 2. The van der Waals surface area contributed by atoms with Crippen LogP contribution >= 0.6 is 0 Å². The van der Waals surface area contributed by atoms with Gasteiger partial charge in [0.1, 0.15) is 6.61 Å². The van der Waals surface area contributed by atoms with E-state index in [0.29, 0.717) is 17.1 Å². The lowest BCUT2D eigenvalue weighted by Gasteiger charge is -2.17. The molecule has 0 fully saturated rings. The molecule has 19 heavy (non-hydrogen) atoms. The van der Waals surface area contributed by atoms with Crippen molar-refractivity contribution in [3.05, 3.63) is 41.8 Å². The van der Waals surface area contributed by atoms with Gasteiger partial charge in [-0.15, -0.1) is 0 Å². The van der Waals surface area contributed by atoms with Crippen molar-refractivity contribution in [1.29, 1.82) is 0 Å². The predicted molar refractivity (Wildman–Crippen MR) is 70.8 cm³/mol. The van der Waals surface area contributed by atoms with Crippen LogP contribution in [0.3, 0.4) is 0 Å². The van der Waals surface area contributed by atoms with Crippen molar-refractivity contribution in [3.8, 4) is 0 Å². The lowest BCUT2D eigenvalue weighted by Crippen LogP contribution is -2.27. The second-order valence-electron chi connectivity index (χ2n) is 4.03. The molecular formula is C13H15N3O3. The van der Waals surface area contributed by atoms with Crippen molar-refractivity contribution < 1.29 is 14.1 Å². The molecule has 0 aliphatic heterocycles. The van der Waals surface area contributed by atoms with Gasteiger partial charge in [-0.25, -0.2) is 0 Å². The fourth-order valence-electron chi connectivity index (χ4n) is 1.70. The van der Waals surface area contributed by atoms with Gasteiger partial charge in [-0.3, -0.25) is 4.79 Å². The number of hydrogen-bond acceptors (Lipinski definition) is 5. The molecular weight excluding hydrogens is 246 g/mol. The van der Waals surface area contributed by atoms with Crippen LogP contribution in [-0.4, -0.2) is 25.2 Å². The van der Waals surface area contributed by atoms with Crippen LogP contribution in [-0.2, 0) is 11.3 Å². The molecule has 0 radical (unpaired) electrons. The van der Waals surface area contributed by atoms with E-state index in [1.54, 1.807) is 32.4 Å². The number of carbonyl (C=O) groups is 1. The van der Waals surface area contributed by atoms with Gasteiger partial charge in [0.25, 0.3) is 5.91 Å². The van der Waals surface area contributed by atoms with Gasteiger partial charge in [-0.1, -0.05) is 17.3 Å². The van der Waals surface area contributed by atoms with Crippen LogP contribution < -0.4 is 10.6 Å². The second kappa shape index (κ2) is 5.53. The Labute approximate surface area is 110 Å². The summed E-state index contributed by atoms with van der Waals surface area (Å²) in [7, 11) is 3.18. The van der Waals surface area contributed by atoms with Crippen molar-refractivity contribution in [2.75, 3.05) is 24.8 Å². The minimum absolute atomic E-state index is 0.220. The highest BCUT2D eigenvalue weighted by Gasteiger charge is 2.19. The average Bonchev–Trinajstić information content (AvgIpc) is 2.87. The highest BCUT2D eigenvalue weighted by molar-refractivity contribution is 6.05. The minimum Gasteiger partial charge on any atom is -0.397 e. The monoisotopic (exact) mass is 261 g/mol. The molecule has 0 atom stereocenters. The molecule has 0 bridgehead atoms. The summed E-state index contributed by atoms with van der Waals surface area (Å²) in [6, 6.07) is 8.68. The molecule has 0 aliphatic carbocycles. The van der Waals surface area contributed by atoms with E-state index in [-0.39, 0.29) is 18.2 Å². The number of hydrogen-bond donors (Lipinski definition) is 1. The van der Waals surface area contributed by atoms with Crippen molar-refractivity contribution >= 4 is 17.3 Å². The first-order valence-electron chi connectivity index (χ1n) is 5.70. The van der Waals surface area contributed by atoms with Gasteiger partial charge in [0.05, 0.1) is 11.4 Å². The average molecular weight is 261 g/mol. The lowest BCUT2D eigenvalue weighted by molar-refractivity contribution is 0.0983. The SMILES string of the molecule is COCc1cc(C(=O)N(C)c2ccccc2N)no1. The van der Waals surface area contributed by atoms with Gasteiger partial charge in [-0.2, -0.15) is 0 Å². The van der Waals surface area contributed by atoms with E-state index < -0.39 is 0 Å². The highest BCUT2D eigenvalue weighted by atomic mass is 16.5. The Morgan fingerprint density at radius 1 is 1.47 bits per heavy atom. The Balaban J connectivity index is 2.21. The van der Waals surface area contributed by atoms with Crippen molar-refractivity contribution in [2.45, 2.75) is 6.61 Å². The Kier molecular flexibility index (Phi) is 3.82. The molecule has 2 N–H and O–H groups in total. The van der Waals surface area contributed by atoms with Crippen LogP contribution in [0, 0.1) is 0 Å². The van der Waals surface area contributed by atoms with Gasteiger partial charge < -0.3 is 19.9 Å². The third kappa shape index (κ3) is 2.74. The maximum atomic E-state index is 12.2. The van der Waals surface area contributed by atoms with Crippen molar-refractivity contribution in [1.82, 2.24) is 5.16 Å². The predicted octanol–water partition coefficient (Wildman–Crippen LogP) is 1.68. The third-order valence-corrected chi connectivity index (χ3v) is 2.67. The van der Waals surface area contributed by atoms with Crippen LogP contribution in [0.5, 0.6) is 0 Å². The number of ether oxygens (including phenoxy) is 1. The first-order valence-corrected chi connectivity index (χ1v) is 5.70. The second-order valence-corrected chi connectivity index (χ2v) is 4.03. The Morgan fingerprint density at radius 3 is 2.89 bits per heavy atom. The zero-order chi connectivity index (χ0) is 13.8. The summed E-state index contributed by atoms with van der Waals surface area (Å²) >= 11 is 0. The molecule has 2 rings (SSSR count). The molecule has 6 heteroatoms. The van der Waals surface area contributed by atoms with Gasteiger partial charge in [0.15, 0.2) is 11.5 Å². The van der Waals surface area contributed by atoms with Crippen molar-refractivity contribution in [3.63, 3.8) is 0 Å². The van der Waals surface area contributed by atoms with E-state index in [0.717, 1.165) is 0 Å². The van der Waals surface area contributed by atoms with Crippen molar-refractivity contribution in [2.24, 2.45) is 0 Å². The number of methoxy groups -OCH3 is 1. The van der Waals surface area contributed by atoms with Crippen LogP contribution in [0.2, 0.25) is 0 Å². The smallest absolute Gasteiger partial charge is 0.280 e. The third-order valence-electron chi connectivity index (χ3n) is 2.67. The zero-order valence-electron chi connectivity index (χ0n) is 10.8. The fraction of sp³-hybridized carbons (Fsp3) is 0.231. The number of nitrogen functional groups attached to an aromatic ring is 1. The minimum atomic E-state index is -0.288. The van der Waals surface area contributed by atoms with Gasteiger partial charge in [0, 0.05) is 20.2 Å².